The largest absolute Gasteiger partial charge is 0.308 e. The number of nitrogens with one attached hydrogen (secondary N) is 1. The Morgan fingerprint density at radius 2 is 2.10 bits per heavy atom. The van der Waals surface area contributed by atoms with Crippen LogP contribution >= 0.6 is 22.9 Å². The summed E-state index contributed by atoms with van der Waals surface area (Å²) in [6.07, 6.45) is 2.50. The van der Waals surface area contributed by atoms with Gasteiger partial charge in [-0.05, 0) is 62.8 Å². The number of anilines is 1. The van der Waals surface area contributed by atoms with Gasteiger partial charge in [-0.2, -0.15) is 4.72 Å². The Kier molecular flexibility index (Phi) is 7.54. The molecule has 2 aromatic rings. The molecule has 0 spiro atoms. The molecule has 0 bridgehead atoms. The lowest BCUT2D eigenvalue weighted by Crippen LogP contribution is -2.40. The molecule has 2 heterocycles. The van der Waals surface area contributed by atoms with Gasteiger partial charge in [0, 0.05) is 22.9 Å². The Hall–Kier alpha value is -1.78. The number of carbonyl (C=O) groups is 1. The van der Waals surface area contributed by atoms with Gasteiger partial charge in [-0.3, -0.25) is 4.79 Å². The highest BCUT2D eigenvalue weighted by molar-refractivity contribution is 7.92. The minimum atomic E-state index is -3.85. The summed E-state index contributed by atoms with van der Waals surface area (Å²) in [5.74, 6) is -0.966. The Balaban J connectivity index is 1.71. The molecule has 31 heavy (non-hydrogen) atoms. The van der Waals surface area contributed by atoms with E-state index in [2.05, 4.69) is 4.72 Å². The molecule has 6 nitrogen and oxygen atoms in total. The van der Waals surface area contributed by atoms with E-state index in [0.717, 1.165) is 17.4 Å². The van der Waals surface area contributed by atoms with Crippen molar-refractivity contribution in [3.63, 3.8) is 0 Å². The lowest BCUT2D eigenvalue weighted by atomic mass is 10.0. The van der Waals surface area contributed by atoms with Gasteiger partial charge in [-0.1, -0.05) is 24.6 Å². The van der Waals surface area contributed by atoms with Gasteiger partial charge < -0.3 is 9.80 Å². The van der Waals surface area contributed by atoms with E-state index in [9.17, 15) is 17.6 Å². The zero-order chi connectivity index (χ0) is 22.8. The molecule has 1 saturated heterocycles. The van der Waals surface area contributed by atoms with E-state index in [1.807, 2.05) is 32.0 Å². The third-order valence-corrected chi connectivity index (χ3v) is 7.48. The fourth-order valence-electron chi connectivity index (χ4n) is 3.69. The van der Waals surface area contributed by atoms with Crippen LogP contribution in [0.1, 0.15) is 36.2 Å². The number of nitrogens with zero attached hydrogens (tertiary/aromatic N) is 2. The first-order valence-electron chi connectivity index (χ1n) is 9.84. The lowest BCUT2D eigenvalue weighted by Gasteiger charge is -2.25. The molecule has 3 rings (SSSR count). The number of carbonyl (C=O) groups excluding carboxylic acids is 1. The number of thiophene rings is 1. The predicted octanol–water partition coefficient (Wildman–Crippen LogP) is 4.25. The van der Waals surface area contributed by atoms with Crippen LogP contribution < -0.4 is 9.62 Å². The monoisotopic (exact) mass is 485 g/mol. The van der Waals surface area contributed by atoms with Crippen LogP contribution in [0.2, 0.25) is 4.34 Å². The Labute approximate surface area is 191 Å². The first-order chi connectivity index (χ1) is 14.6. The second-order valence-corrected chi connectivity index (χ2v) is 10.9. The molecule has 0 radical (unpaired) electrons. The summed E-state index contributed by atoms with van der Waals surface area (Å²) in [5.41, 5.74) is 0.990. The standard InChI is InChI=1S/C21H25ClFN3O3S2/c1-4-18(25(2)3)14-5-7-19(16(23)13-14)26-11-9-17(21(26)27)24-31(28,29)12-10-15-6-8-20(22)30-15/h5-8,10,12-13,17-18,24H,4,9,11H2,1-3H3/t17-,18?/m0/s1. The number of sulfonamides is 1. The number of amides is 1. The van der Waals surface area contributed by atoms with Crippen molar-refractivity contribution in [2.24, 2.45) is 0 Å². The molecule has 168 valence electrons. The average molecular weight is 486 g/mol. The molecular formula is C21H25ClFN3O3S2. The van der Waals surface area contributed by atoms with E-state index in [1.165, 1.54) is 28.4 Å². The zero-order valence-electron chi connectivity index (χ0n) is 17.5. The Bertz CT molecular complexity index is 1090. The van der Waals surface area contributed by atoms with E-state index in [-0.39, 0.29) is 24.7 Å². The van der Waals surface area contributed by atoms with Crippen LogP contribution in [0.25, 0.3) is 6.08 Å². The lowest BCUT2D eigenvalue weighted by molar-refractivity contribution is -0.118. The van der Waals surface area contributed by atoms with Crippen LogP contribution in [0.4, 0.5) is 10.1 Å². The minimum Gasteiger partial charge on any atom is -0.308 e. The van der Waals surface area contributed by atoms with E-state index < -0.39 is 27.8 Å². The number of benzene rings is 1. The number of halogens is 2. The van der Waals surface area contributed by atoms with Crippen LogP contribution in [-0.2, 0) is 14.8 Å². The number of rotatable bonds is 8. The smallest absolute Gasteiger partial charge is 0.245 e. The number of hydrogen-bond donors (Lipinski definition) is 1. The van der Waals surface area contributed by atoms with Crippen molar-refractivity contribution in [3.8, 4) is 0 Å². The third-order valence-electron chi connectivity index (χ3n) is 5.17. The highest BCUT2D eigenvalue weighted by Crippen LogP contribution is 2.30. The van der Waals surface area contributed by atoms with Crippen molar-refractivity contribution >= 4 is 50.6 Å². The van der Waals surface area contributed by atoms with Gasteiger partial charge in [0.1, 0.15) is 11.9 Å². The first kappa shape index (κ1) is 23.9. The summed E-state index contributed by atoms with van der Waals surface area (Å²) in [5, 5.41) is 1.01. The summed E-state index contributed by atoms with van der Waals surface area (Å²) in [4.78, 5) is 16.8. The van der Waals surface area contributed by atoms with Gasteiger partial charge >= 0.3 is 0 Å². The highest BCUT2D eigenvalue weighted by Gasteiger charge is 2.36. The van der Waals surface area contributed by atoms with Gasteiger partial charge in [-0.15, -0.1) is 11.3 Å². The normalized spacial score (nSPS) is 18.5. The fraction of sp³-hybridized carbons (Fsp3) is 0.381. The molecule has 1 unspecified atom stereocenters. The summed E-state index contributed by atoms with van der Waals surface area (Å²) in [6, 6.07) is 7.36. The summed E-state index contributed by atoms with van der Waals surface area (Å²) in [7, 11) is 0.0182. The van der Waals surface area contributed by atoms with Crippen LogP contribution in [0.3, 0.4) is 0 Å². The van der Waals surface area contributed by atoms with Gasteiger partial charge in [0.2, 0.25) is 15.9 Å². The first-order valence-corrected chi connectivity index (χ1v) is 12.6. The van der Waals surface area contributed by atoms with Gasteiger partial charge in [0.15, 0.2) is 0 Å². The molecule has 10 heteroatoms. The van der Waals surface area contributed by atoms with Crippen LogP contribution in [0.5, 0.6) is 0 Å². The molecule has 1 aliphatic rings. The fourth-order valence-corrected chi connectivity index (χ4v) is 5.76. The molecular weight excluding hydrogens is 461 g/mol. The summed E-state index contributed by atoms with van der Waals surface area (Å²) in [6.45, 7) is 2.26. The molecule has 1 amide bonds. The van der Waals surface area contributed by atoms with Gasteiger partial charge in [-0.25, -0.2) is 12.8 Å². The third kappa shape index (κ3) is 5.72. The average Bonchev–Trinajstić information content (AvgIpc) is 3.27. The SMILES string of the molecule is CCC(c1ccc(N2CC[C@H](NS(=O)(=O)C=Cc3ccc(Cl)s3)C2=O)c(F)c1)N(C)C. The van der Waals surface area contributed by atoms with Gasteiger partial charge in [0.05, 0.1) is 10.0 Å². The van der Waals surface area contributed by atoms with Gasteiger partial charge in [0.25, 0.3) is 0 Å². The maximum atomic E-state index is 14.8. The van der Waals surface area contributed by atoms with E-state index >= 15 is 0 Å². The summed E-state index contributed by atoms with van der Waals surface area (Å²) < 4.78 is 42.5. The van der Waals surface area contributed by atoms with Crippen LogP contribution in [0, 0.1) is 5.82 Å². The molecule has 1 N–H and O–H groups in total. The highest BCUT2D eigenvalue weighted by atomic mass is 35.5. The van der Waals surface area contributed by atoms with E-state index in [4.69, 9.17) is 11.6 Å². The molecule has 2 atom stereocenters. The van der Waals surface area contributed by atoms with Crippen LogP contribution in [0.15, 0.2) is 35.7 Å². The van der Waals surface area contributed by atoms with Crippen molar-refractivity contribution in [1.82, 2.24) is 9.62 Å². The van der Waals surface area contributed by atoms with Crippen molar-refractivity contribution in [3.05, 3.63) is 56.3 Å². The van der Waals surface area contributed by atoms with E-state index in [1.54, 1.807) is 18.2 Å². The summed E-state index contributed by atoms with van der Waals surface area (Å²) >= 11 is 7.08. The minimum absolute atomic E-state index is 0.0717. The predicted molar refractivity (Wildman–Crippen MR) is 124 cm³/mol. The second kappa shape index (κ2) is 9.79. The number of hydrogen-bond acceptors (Lipinski definition) is 5. The molecule has 1 fully saturated rings. The zero-order valence-corrected chi connectivity index (χ0v) is 19.9. The molecule has 1 aromatic heterocycles. The van der Waals surface area contributed by atoms with Crippen LogP contribution in [-0.4, -0.2) is 45.9 Å². The quantitative estimate of drug-likeness (QED) is 0.607. The topological polar surface area (TPSA) is 69.7 Å². The molecule has 0 aliphatic carbocycles. The van der Waals surface area contributed by atoms with E-state index in [0.29, 0.717) is 9.21 Å². The molecule has 1 aliphatic heterocycles. The van der Waals surface area contributed by atoms with Crippen molar-refractivity contribution in [2.45, 2.75) is 31.8 Å². The van der Waals surface area contributed by atoms with Crippen molar-refractivity contribution in [1.29, 1.82) is 0 Å². The Morgan fingerprint density at radius 3 is 2.68 bits per heavy atom. The maximum Gasteiger partial charge on any atom is 0.245 e. The Morgan fingerprint density at radius 1 is 1.35 bits per heavy atom. The maximum absolute atomic E-state index is 14.8. The molecule has 0 saturated carbocycles. The second-order valence-electron chi connectivity index (χ2n) is 7.54. The molecule has 1 aromatic carbocycles. The van der Waals surface area contributed by atoms with Crippen molar-refractivity contribution in [2.75, 3.05) is 25.5 Å². The van der Waals surface area contributed by atoms with Crippen molar-refractivity contribution < 1.29 is 17.6 Å².